The molecule has 0 amide bonds. The van der Waals surface area contributed by atoms with Crippen LogP contribution in [-0.2, 0) is 12.8 Å². The minimum absolute atomic E-state index is 0.452. The third-order valence-electron chi connectivity index (χ3n) is 6.46. The Morgan fingerprint density at radius 3 is 1.92 bits per heavy atom. The Morgan fingerprint density at radius 2 is 1.30 bits per heavy atom. The normalized spacial score (nSPS) is 11.5. The zero-order valence-corrected chi connectivity index (χ0v) is 20.5. The highest BCUT2D eigenvalue weighted by atomic mass is 19.4. The molecular weight excluding hydrogens is 473 g/mol. The van der Waals surface area contributed by atoms with Crippen LogP contribution in [0.1, 0.15) is 16.7 Å². The summed E-state index contributed by atoms with van der Waals surface area (Å²) in [5.41, 5.74) is 5.16. The summed E-state index contributed by atoms with van der Waals surface area (Å²) in [7, 11) is 1.64. The van der Waals surface area contributed by atoms with Crippen LogP contribution < -0.4 is 9.47 Å². The van der Waals surface area contributed by atoms with Gasteiger partial charge in [0.2, 0.25) is 0 Å². The van der Waals surface area contributed by atoms with Crippen molar-refractivity contribution in [3.05, 3.63) is 120 Å². The molecule has 5 aromatic carbocycles. The van der Waals surface area contributed by atoms with Crippen molar-refractivity contribution in [3.63, 3.8) is 0 Å². The molecule has 0 aromatic heterocycles. The van der Waals surface area contributed by atoms with E-state index in [9.17, 15) is 13.2 Å². The summed E-state index contributed by atoms with van der Waals surface area (Å²) in [4.78, 5) is 0. The van der Waals surface area contributed by atoms with Crippen molar-refractivity contribution in [2.45, 2.75) is 19.7 Å². The molecule has 5 rings (SSSR count). The summed E-state index contributed by atoms with van der Waals surface area (Å²) in [6.07, 6.45) is -4.35. The van der Waals surface area contributed by atoms with Crippen LogP contribution in [-0.4, -0.2) is 7.11 Å². The van der Waals surface area contributed by atoms with Crippen LogP contribution in [0.2, 0.25) is 0 Å². The molecule has 0 spiro atoms. The molecule has 0 saturated carbocycles. The summed E-state index contributed by atoms with van der Waals surface area (Å²) in [6, 6.07) is 31.1. The number of rotatable bonds is 6. The van der Waals surface area contributed by atoms with Crippen LogP contribution in [0.25, 0.3) is 33.0 Å². The van der Waals surface area contributed by atoms with E-state index in [4.69, 9.17) is 9.47 Å². The van der Waals surface area contributed by atoms with Gasteiger partial charge in [-0.3, -0.25) is 0 Å². The molecule has 0 saturated heterocycles. The molecule has 0 atom stereocenters. The first kappa shape index (κ1) is 24.4. The Bertz CT molecular complexity index is 1520. The number of fused-ring (bicyclic) bond motifs is 1. The van der Waals surface area contributed by atoms with E-state index in [0.29, 0.717) is 6.61 Å². The topological polar surface area (TPSA) is 18.5 Å². The lowest BCUT2D eigenvalue weighted by molar-refractivity contribution is -0.137. The molecule has 0 aliphatic rings. The van der Waals surface area contributed by atoms with Gasteiger partial charge in [0.15, 0.2) is 0 Å². The monoisotopic (exact) mass is 498 g/mol. The molecule has 0 aliphatic heterocycles. The Balaban J connectivity index is 1.51. The largest absolute Gasteiger partial charge is 0.497 e. The van der Waals surface area contributed by atoms with Crippen molar-refractivity contribution in [1.29, 1.82) is 0 Å². The minimum atomic E-state index is -4.35. The van der Waals surface area contributed by atoms with Gasteiger partial charge in [-0.25, -0.2) is 0 Å². The lowest BCUT2D eigenvalue weighted by Crippen LogP contribution is -2.03. The molecule has 0 unspecified atom stereocenters. The predicted molar refractivity (Wildman–Crippen MR) is 142 cm³/mol. The maximum absolute atomic E-state index is 12.9. The fourth-order valence-corrected chi connectivity index (χ4v) is 4.55. The van der Waals surface area contributed by atoms with Gasteiger partial charge in [-0.15, -0.1) is 0 Å². The van der Waals surface area contributed by atoms with Gasteiger partial charge in [0, 0.05) is 5.39 Å². The second-order valence-corrected chi connectivity index (χ2v) is 8.90. The quantitative estimate of drug-likeness (QED) is 0.232. The molecular formula is C32H25F3O2. The van der Waals surface area contributed by atoms with Crippen LogP contribution in [0.15, 0.2) is 103 Å². The van der Waals surface area contributed by atoms with E-state index < -0.39 is 11.7 Å². The fourth-order valence-electron chi connectivity index (χ4n) is 4.55. The average molecular weight is 499 g/mol. The van der Waals surface area contributed by atoms with Gasteiger partial charge in [-0.2, -0.15) is 13.2 Å². The number of alkyl halides is 3. The summed E-state index contributed by atoms with van der Waals surface area (Å²) in [6.45, 7) is 2.51. The first-order chi connectivity index (χ1) is 17.8. The van der Waals surface area contributed by atoms with Crippen molar-refractivity contribution in [2.24, 2.45) is 0 Å². The van der Waals surface area contributed by atoms with Gasteiger partial charge >= 0.3 is 6.18 Å². The Labute approximate surface area is 213 Å². The third-order valence-corrected chi connectivity index (χ3v) is 6.46. The number of benzene rings is 5. The van der Waals surface area contributed by atoms with E-state index >= 15 is 0 Å². The Morgan fingerprint density at radius 1 is 0.676 bits per heavy atom. The van der Waals surface area contributed by atoms with Gasteiger partial charge < -0.3 is 9.47 Å². The van der Waals surface area contributed by atoms with Crippen molar-refractivity contribution in [2.75, 3.05) is 7.11 Å². The fraction of sp³-hybridized carbons (Fsp3) is 0.125. The van der Waals surface area contributed by atoms with Crippen LogP contribution in [0.5, 0.6) is 11.5 Å². The SMILES string of the molecule is COc1ccc2c(-c3ccc(-c4ccc(C(F)(F)F)cc4)cc3)c(C)cc(OCc3ccccc3)c2c1. The summed E-state index contributed by atoms with van der Waals surface area (Å²) >= 11 is 0. The number of aryl methyl sites for hydroxylation is 1. The highest BCUT2D eigenvalue weighted by Crippen LogP contribution is 2.40. The molecule has 0 N–H and O–H groups in total. The summed E-state index contributed by atoms with van der Waals surface area (Å²) < 4.78 is 50.5. The zero-order valence-electron chi connectivity index (χ0n) is 20.5. The smallest absolute Gasteiger partial charge is 0.416 e. The zero-order chi connectivity index (χ0) is 26.0. The first-order valence-electron chi connectivity index (χ1n) is 11.9. The van der Waals surface area contributed by atoms with Gasteiger partial charge in [0.25, 0.3) is 0 Å². The number of hydrogen-bond acceptors (Lipinski definition) is 2. The molecule has 0 aliphatic carbocycles. The van der Waals surface area contributed by atoms with E-state index in [1.165, 1.54) is 12.1 Å². The number of methoxy groups -OCH3 is 1. The highest BCUT2D eigenvalue weighted by Gasteiger charge is 2.30. The van der Waals surface area contributed by atoms with Gasteiger partial charge in [0.1, 0.15) is 18.1 Å². The first-order valence-corrected chi connectivity index (χ1v) is 11.9. The van der Waals surface area contributed by atoms with Crippen LogP contribution >= 0.6 is 0 Å². The number of ether oxygens (including phenoxy) is 2. The van der Waals surface area contributed by atoms with Crippen LogP contribution in [0.4, 0.5) is 13.2 Å². The third kappa shape index (κ3) is 5.17. The van der Waals surface area contributed by atoms with E-state index in [2.05, 4.69) is 6.92 Å². The molecule has 5 aromatic rings. The number of hydrogen-bond donors (Lipinski definition) is 0. The van der Waals surface area contributed by atoms with E-state index in [1.54, 1.807) is 7.11 Å². The van der Waals surface area contributed by atoms with Crippen molar-refractivity contribution >= 4 is 10.8 Å². The lowest BCUT2D eigenvalue weighted by atomic mass is 9.92. The summed E-state index contributed by atoms with van der Waals surface area (Å²) in [5.74, 6) is 1.52. The van der Waals surface area contributed by atoms with Crippen LogP contribution in [0.3, 0.4) is 0 Å². The Kier molecular flexibility index (Phi) is 6.62. The maximum atomic E-state index is 12.9. The predicted octanol–water partition coefficient (Wildman–Crippen LogP) is 9.09. The second kappa shape index (κ2) is 10.0. The highest BCUT2D eigenvalue weighted by molar-refractivity contribution is 6.02. The molecule has 0 radical (unpaired) electrons. The van der Waals surface area contributed by atoms with Crippen molar-refractivity contribution in [1.82, 2.24) is 0 Å². The van der Waals surface area contributed by atoms with Crippen LogP contribution in [0, 0.1) is 6.92 Å². The van der Waals surface area contributed by atoms with Crippen molar-refractivity contribution < 1.29 is 22.6 Å². The van der Waals surface area contributed by atoms with E-state index in [1.807, 2.05) is 78.9 Å². The molecule has 37 heavy (non-hydrogen) atoms. The molecule has 0 bridgehead atoms. The second-order valence-electron chi connectivity index (χ2n) is 8.90. The van der Waals surface area contributed by atoms with Gasteiger partial charge in [-0.05, 0) is 82.1 Å². The molecule has 0 fully saturated rings. The van der Waals surface area contributed by atoms with Gasteiger partial charge in [0.05, 0.1) is 12.7 Å². The Hall–Kier alpha value is -4.25. The lowest BCUT2D eigenvalue weighted by Gasteiger charge is -2.17. The molecule has 186 valence electrons. The van der Waals surface area contributed by atoms with E-state index in [-0.39, 0.29) is 0 Å². The number of halogens is 3. The molecule has 2 nitrogen and oxygen atoms in total. The maximum Gasteiger partial charge on any atom is 0.416 e. The van der Waals surface area contributed by atoms with E-state index in [0.717, 1.165) is 67.8 Å². The van der Waals surface area contributed by atoms with Gasteiger partial charge in [-0.1, -0.05) is 66.7 Å². The standard InChI is InChI=1S/C32H25F3O2/c1-21-18-30(37-20-22-6-4-3-5-7-22)29-19-27(36-2)16-17-28(29)31(21)25-10-8-23(9-11-25)24-12-14-26(15-13-24)32(33,34)35/h3-19H,20H2,1-2H3. The molecule has 5 heteroatoms. The van der Waals surface area contributed by atoms with Crippen molar-refractivity contribution in [3.8, 4) is 33.8 Å². The summed E-state index contributed by atoms with van der Waals surface area (Å²) in [5, 5.41) is 1.98. The minimum Gasteiger partial charge on any atom is -0.497 e. The molecule has 0 heterocycles. The average Bonchev–Trinajstić information content (AvgIpc) is 2.92.